The Bertz CT molecular complexity index is 1180. The Morgan fingerprint density at radius 2 is 1.67 bits per heavy atom. The number of pyridine rings is 1. The van der Waals surface area contributed by atoms with Crippen molar-refractivity contribution < 1.29 is 14.2 Å². The first-order valence-corrected chi connectivity index (χ1v) is 9.73. The maximum absolute atomic E-state index is 12.5. The van der Waals surface area contributed by atoms with E-state index in [9.17, 15) is 4.79 Å². The van der Waals surface area contributed by atoms with Gasteiger partial charge in [0.25, 0.3) is 5.56 Å². The van der Waals surface area contributed by atoms with Crippen LogP contribution in [0.15, 0.2) is 83.7 Å². The fourth-order valence-corrected chi connectivity index (χ4v) is 3.37. The molecule has 0 radical (unpaired) electrons. The van der Waals surface area contributed by atoms with Crippen molar-refractivity contribution in [3.8, 4) is 17.0 Å². The number of ether oxygens (including phenoxy) is 3. The zero-order valence-corrected chi connectivity index (χ0v) is 16.8. The lowest BCUT2D eigenvalue weighted by molar-refractivity contribution is -0.0389. The van der Waals surface area contributed by atoms with Gasteiger partial charge >= 0.3 is 0 Å². The van der Waals surface area contributed by atoms with Gasteiger partial charge in [0.15, 0.2) is 0 Å². The van der Waals surface area contributed by atoms with Gasteiger partial charge < -0.3 is 19.2 Å². The Labute approximate surface area is 174 Å². The molecular formula is C25H23NO4. The monoisotopic (exact) mass is 401 g/mol. The Hall–Kier alpha value is -3.41. The minimum absolute atomic E-state index is 0.115. The molecule has 0 fully saturated rings. The van der Waals surface area contributed by atoms with Gasteiger partial charge in [0, 0.05) is 23.8 Å². The van der Waals surface area contributed by atoms with Gasteiger partial charge in [-0.05, 0) is 46.8 Å². The van der Waals surface area contributed by atoms with Crippen molar-refractivity contribution >= 4 is 10.8 Å². The number of aromatic nitrogens is 1. The molecule has 0 saturated carbocycles. The molecule has 0 aliphatic heterocycles. The lowest BCUT2D eigenvalue weighted by Crippen LogP contribution is -2.08. The molecule has 1 N–H and O–H groups in total. The number of rotatable bonds is 8. The molecule has 0 aliphatic rings. The predicted molar refractivity (Wildman–Crippen MR) is 117 cm³/mol. The molecule has 5 nitrogen and oxygen atoms in total. The summed E-state index contributed by atoms with van der Waals surface area (Å²) in [5.41, 5.74) is 3.52. The molecule has 0 unspecified atom stereocenters. The zero-order chi connectivity index (χ0) is 20.8. The van der Waals surface area contributed by atoms with Gasteiger partial charge in [-0.25, -0.2) is 0 Å². The van der Waals surface area contributed by atoms with Gasteiger partial charge in [-0.2, -0.15) is 0 Å². The lowest BCUT2D eigenvalue weighted by atomic mass is 10.0. The van der Waals surface area contributed by atoms with Crippen LogP contribution in [0.25, 0.3) is 22.0 Å². The van der Waals surface area contributed by atoms with Crippen LogP contribution in [0, 0.1) is 0 Å². The van der Waals surface area contributed by atoms with Crippen molar-refractivity contribution in [2.75, 3.05) is 13.9 Å². The summed E-state index contributed by atoms with van der Waals surface area (Å²) in [4.78, 5) is 15.5. The molecule has 1 aromatic heterocycles. The molecular weight excluding hydrogens is 378 g/mol. The molecule has 0 bridgehead atoms. The van der Waals surface area contributed by atoms with E-state index in [2.05, 4.69) is 4.98 Å². The summed E-state index contributed by atoms with van der Waals surface area (Å²) in [5.74, 6) is 0.738. The highest BCUT2D eigenvalue weighted by molar-refractivity contribution is 5.85. The highest BCUT2D eigenvalue weighted by Gasteiger charge is 2.11. The Morgan fingerprint density at radius 1 is 0.867 bits per heavy atom. The Kier molecular flexibility index (Phi) is 6.23. The van der Waals surface area contributed by atoms with Crippen molar-refractivity contribution in [2.45, 2.75) is 13.2 Å². The maximum Gasteiger partial charge on any atom is 0.256 e. The summed E-state index contributed by atoms with van der Waals surface area (Å²) in [7, 11) is 1.58. The molecule has 0 spiro atoms. The van der Waals surface area contributed by atoms with Crippen LogP contribution >= 0.6 is 0 Å². The van der Waals surface area contributed by atoms with Gasteiger partial charge in [0.2, 0.25) is 0 Å². The van der Waals surface area contributed by atoms with E-state index in [-0.39, 0.29) is 12.4 Å². The van der Waals surface area contributed by atoms with E-state index in [1.54, 1.807) is 7.11 Å². The van der Waals surface area contributed by atoms with Gasteiger partial charge in [0.05, 0.1) is 6.61 Å². The van der Waals surface area contributed by atoms with Gasteiger partial charge in [-0.1, -0.05) is 48.5 Å². The smallest absolute Gasteiger partial charge is 0.256 e. The second-order valence-corrected chi connectivity index (χ2v) is 6.95. The largest absolute Gasteiger partial charge is 0.489 e. The third kappa shape index (κ3) is 4.59. The summed E-state index contributed by atoms with van der Waals surface area (Å²) < 4.78 is 16.6. The fourth-order valence-electron chi connectivity index (χ4n) is 3.37. The van der Waals surface area contributed by atoms with E-state index >= 15 is 0 Å². The zero-order valence-electron chi connectivity index (χ0n) is 16.8. The predicted octanol–water partition coefficient (Wildman–Crippen LogP) is 4.89. The van der Waals surface area contributed by atoms with E-state index in [0.717, 1.165) is 33.5 Å². The van der Waals surface area contributed by atoms with Crippen LogP contribution in [0.3, 0.4) is 0 Å². The van der Waals surface area contributed by atoms with E-state index in [1.165, 1.54) is 0 Å². The number of fused-ring (bicyclic) bond motifs is 1. The van der Waals surface area contributed by atoms with Crippen LogP contribution in [-0.2, 0) is 22.7 Å². The first-order valence-electron chi connectivity index (χ1n) is 9.73. The van der Waals surface area contributed by atoms with Gasteiger partial charge in [0.1, 0.15) is 19.1 Å². The number of hydrogen-bond acceptors (Lipinski definition) is 4. The van der Waals surface area contributed by atoms with Gasteiger partial charge in [-0.3, -0.25) is 4.79 Å². The van der Waals surface area contributed by atoms with Crippen molar-refractivity contribution in [1.82, 2.24) is 4.98 Å². The van der Waals surface area contributed by atoms with Crippen LogP contribution in [0.1, 0.15) is 11.1 Å². The van der Waals surface area contributed by atoms with Crippen molar-refractivity contribution in [3.05, 3.63) is 100 Å². The molecule has 4 aromatic rings. The molecule has 0 amide bonds. The van der Waals surface area contributed by atoms with E-state index in [0.29, 0.717) is 18.6 Å². The number of H-pyrrole nitrogens is 1. The number of nitrogens with one attached hydrogen (secondary N) is 1. The number of methoxy groups -OCH3 is 1. The van der Waals surface area contributed by atoms with Gasteiger partial charge in [-0.15, -0.1) is 0 Å². The normalized spacial score (nSPS) is 11.0. The molecule has 4 rings (SSSR count). The van der Waals surface area contributed by atoms with Crippen LogP contribution in [-0.4, -0.2) is 18.9 Å². The van der Waals surface area contributed by atoms with Crippen molar-refractivity contribution in [1.29, 1.82) is 0 Å². The number of hydrogen-bond donors (Lipinski definition) is 1. The number of benzene rings is 3. The summed E-state index contributed by atoms with van der Waals surface area (Å²) in [5, 5.41) is 1.56. The van der Waals surface area contributed by atoms with Crippen molar-refractivity contribution in [2.24, 2.45) is 0 Å². The van der Waals surface area contributed by atoms with Crippen LogP contribution < -0.4 is 10.3 Å². The SMILES string of the molecule is COCOCc1cc(OCc2ccccc2)ccc1-c1cc2ccccc2c(=O)[nH]1. The lowest BCUT2D eigenvalue weighted by Gasteiger charge is -2.14. The topological polar surface area (TPSA) is 60.6 Å². The van der Waals surface area contributed by atoms with Crippen LogP contribution in [0.2, 0.25) is 0 Å². The average Bonchev–Trinajstić information content (AvgIpc) is 2.79. The van der Waals surface area contributed by atoms with Crippen LogP contribution in [0.5, 0.6) is 5.75 Å². The highest BCUT2D eigenvalue weighted by atomic mass is 16.7. The standard InChI is InChI=1S/C25H23NO4/c1-28-17-29-16-20-13-21(30-15-18-7-3-2-4-8-18)11-12-22(20)24-14-19-9-5-6-10-23(19)25(27)26-24/h2-14H,15-17H2,1H3,(H,26,27). The van der Waals surface area contributed by atoms with Crippen LogP contribution in [0.4, 0.5) is 0 Å². The quantitative estimate of drug-likeness (QED) is 0.337. The summed E-state index contributed by atoms with van der Waals surface area (Å²) >= 11 is 0. The molecule has 1 heterocycles. The highest BCUT2D eigenvalue weighted by Crippen LogP contribution is 2.28. The van der Waals surface area contributed by atoms with Crippen molar-refractivity contribution in [3.63, 3.8) is 0 Å². The molecule has 0 saturated heterocycles. The second-order valence-electron chi connectivity index (χ2n) is 6.95. The minimum atomic E-state index is -0.115. The van der Waals surface area contributed by atoms with E-state index in [1.807, 2.05) is 78.9 Å². The van der Waals surface area contributed by atoms with E-state index in [4.69, 9.17) is 14.2 Å². The molecule has 5 heteroatoms. The maximum atomic E-state index is 12.5. The first-order chi connectivity index (χ1) is 14.7. The Balaban J connectivity index is 1.67. The minimum Gasteiger partial charge on any atom is -0.489 e. The Morgan fingerprint density at radius 3 is 2.50 bits per heavy atom. The average molecular weight is 401 g/mol. The molecule has 0 atom stereocenters. The summed E-state index contributed by atoms with van der Waals surface area (Å²) in [6.45, 7) is 0.995. The molecule has 3 aromatic carbocycles. The third-order valence-electron chi connectivity index (χ3n) is 4.83. The molecule has 152 valence electrons. The second kappa shape index (κ2) is 9.39. The number of aromatic amines is 1. The third-order valence-corrected chi connectivity index (χ3v) is 4.83. The summed E-state index contributed by atoms with van der Waals surface area (Å²) in [6, 6.07) is 25.3. The van der Waals surface area contributed by atoms with E-state index < -0.39 is 0 Å². The molecule has 30 heavy (non-hydrogen) atoms. The molecule has 0 aliphatic carbocycles. The first kappa shape index (κ1) is 19.9. The summed E-state index contributed by atoms with van der Waals surface area (Å²) in [6.07, 6.45) is 0. The fraction of sp³-hybridized carbons (Fsp3) is 0.160.